The van der Waals surface area contributed by atoms with Crippen molar-refractivity contribution in [2.24, 2.45) is 0 Å². The van der Waals surface area contributed by atoms with E-state index in [4.69, 9.17) is 21.8 Å². The number of hydrogen-bond acceptors (Lipinski definition) is 4. The molecule has 0 amide bonds. The van der Waals surface area contributed by atoms with Crippen molar-refractivity contribution < 1.29 is 4.42 Å². The number of rotatable bonds is 3. The molecule has 0 aliphatic rings. The van der Waals surface area contributed by atoms with E-state index in [-0.39, 0.29) is 0 Å². The zero-order valence-corrected chi connectivity index (χ0v) is 10.3. The summed E-state index contributed by atoms with van der Waals surface area (Å²) >= 11 is 7.57. The van der Waals surface area contributed by atoms with Crippen molar-refractivity contribution in [3.63, 3.8) is 0 Å². The number of thioether (sulfide) groups is 1. The van der Waals surface area contributed by atoms with Crippen LogP contribution in [0.4, 0.5) is 5.69 Å². The Morgan fingerprint density at radius 3 is 2.94 bits per heavy atom. The quantitative estimate of drug-likeness (QED) is 0.673. The number of anilines is 1. The summed E-state index contributed by atoms with van der Waals surface area (Å²) in [7, 11) is 0. The van der Waals surface area contributed by atoms with Crippen LogP contribution in [0.2, 0.25) is 5.02 Å². The van der Waals surface area contributed by atoms with Crippen LogP contribution >= 0.6 is 23.4 Å². The van der Waals surface area contributed by atoms with Crippen molar-refractivity contribution in [3.8, 4) is 0 Å². The molecule has 0 aliphatic carbocycles. The number of nitrogen functional groups attached to an aromatic ring is 1. The van der Waals surface area contributed by atoms with Crippen molar-refractivity contribution in [1.29, 1.82) is 0 Å². The van der Waals surface area contributed by atoms with Gasteiger partial charge in [0, 0.05) is 16.5 Å². The molecular formula is C11H11ClN2OS. The summed E-state index contributed by atoms with van der Waals surface area (Å²) in [6.45, 7) is 1.89. The van der Waals surface area contributed by atoms with E-state index in [0.717, 1.165) is 17.0 Å². The van der Waals surface area contributed by atoms with E-state index in [2.05, 4.69) is 4.98 Å². The van der Waals surface area contributed by atoms with Gasteiger partial charge in [-0.3, -0.25) is 0 Å². The fourth-order valence-electron chi connectivity index (χ4n) is 1.22. The second-order valence-corrected chi connectivity index (χ2v) is 4.73. The molecule has 1 heterocycles. The molecule has 0 spiro atoms. The van der Waals surface area contributed by atoms with Gasteiger partial charge < -0.3 is 10.2 Å². The van der Waals surface area contributed by atoms with Crippen molar-refractivity contribution in [1.82, 2.24) is 4.98 Å². The molecule has 0 fully saturated rings. The first-order valence-electron chi connectivity index (χ1n) is 4.74. The summed E-state index contributed by atoms with van der Waals surface area (Å²) in [5.41, 5.74) is 8.19. The normalized spacial score (nSPS) is 10.6. The fourth-order valence-corrected chi connectivity index (χ4v) is 2.41. The zero-order chi connectivity index (χ0) is 11.5. The first-order chi connectivity index (χ1) is 7.65. The number of halogens is 1. The number of aromatic nitrogens is 1. The second kappa shape index (κ2) is 4.80. The van der Waals surface area contributed by atoms with Gasteiger partial charge in [-0.25, -0.2) is 4.98 Å². The Morgan fingerprint density at radius 2 is 2.31 bits per heavy atom. The van der Waals surface area contributed by atoms with Crippen molar-refractivity contribution in [3.05, 3.63) is 40.7 Å². The third kappa shape index (κ3) is 2.71. The highest BCUT2D eigenvalue weighted by molar-refractivity contribution is 7.98. The largest absolute Gasteiger partial charge is 0.440 e. The van der Waals surface area contributed by atoms with Gasteiger partial charge in [0.25, 0.3) is 5.22 Å². The Balaban J connectivity index is 2.04. The molecule has 0 saturated carbocycles. The Morgan fingerprint density at radius 1 is 1.50 bits per heavy atom. The first-order valence-corrected chi connectivity index (χ1v) is 6.10. The number of aryl methyl sites for hydroxylation is 1. The fraction of sp³-hybridized carbons (Fsp3) is 0.182. The van der Waals surface area contributed by atoms with Crippen molar-refractivity contribution in [2.75, 3.05) is 5.73 Å². The number of hydrogen-bond donors (Lipinski definition) is 1. The third-order valence-electron chi connectivity index (χ3n) is 2.03. The molecule has 0 atom stereocenters. The molecule has 2 rings (SSSR count). The van der Waals surface area contributed by atoms with Crippen LogP contribution in [0.5, 0.6) is 0 Å². The first kappa shape index (κ1) is 11.4. The topological polar surface area (TPSA) is 52.0 Å². The van der Waals surface area contributed by atoms with Crippen LogP contribution in [0.15, 0.2) is 34.1 Å². The lowest BCUT2D eigenvalue weighted by atomic mass is 10.2. The molecule has 0 unspecified atom stereocenters. The van der Waals surface area contributed by atoms with Gasteiger partial charge in [0.1, 0.15) is 6.26 Å². The number of oxazole rings is 1. The van der Waals surface area contributed by atoms with Gasteiger partial charge in [0.05, 0.1) is 5.69 Å². The van der Waals surface area contributed by atoms with Crippen molar-refractivity contribution >= 4 is 29.1 Å². The maximum absolute atomic E-state index is 6.06. The van der Waals surface area contributed by atoms with Gasteiger partial charge in [-0.05, 0) is 24.6 Å². The highest BCUT2D eigenvalue weighted by Gasteiger charge is 2.05. The summed E-state index contributed by atoms with van der Waals surface area (Å²) < 4.78 is 5.23. The number of nitrogens with two attached hydrogens (primary N) is 1. The van der Waals surface area contributed by atoms with Crippen LogP contribution in [-0.4, -0.2) is 4.98 Å². The van der Waals surface area contributed by atoms with Crippen LogP contribution in [-0.2, 0) is 5.75 Å². The molecule has 5 heteroatoms. The molecule has 1 aromatic heterocycles. The molecule has 0 radical (unpaired) electrons. The van der Waals surface area contributed by atoms with Crippen LogP contribution in [0.3, 0.4) is 0 Å². The molecule has 84 valence electrons. The average Bonchev–Trinajstić information content (AvgIpc) is 2.63. The Bertz CT molecular complexity index is 498. The van der Waals surface area contributed by atoms with Crippen LogP contribution in [0.1, 0.15) is 11.3 Å². The lowest BCUT2D eigenvalue weighted by Gasteiger charge is -2.02. The molecule has 1 aromatic carbocycles. The van der Waals surface area contributed by atoms with Gasteiger partial charge in [0.2, 0.25) is 0 Å². The Kier molecular flexibility index (Phi) is 3.41. The molecule has 0 saturated heterocycles. The zero-order valence-electron chi connectivity index (χ0n) is 8.74. The van der Waals surface area contributed by atoms with Gasteiger partial charge in [-0.15, -0.1) is 0 Å². The highest BCUT2D eigenvalue weighted by atomic mass is 35.5. The molecule has 3 nitrogen and oxygen atoms in total. The standard InChI is InChI=1S/C11H11ClN2OS/c1-7-5-15-11(14-7)16-6-8-2-3-9(13)4-10(8)12/h2-5H,6,13H2,1H3. The van der Waals surface area contributed by atoms with E-state index < -0.39 is 0 Å². The van der Waals surface area contributed by atoms with Crippen LogP contribution < -0.4 is 5.73 Å². The van der Waals surface area contributed by atoms with E-state index in [0.29, 0.717) is 15.9 Å². The minimum absolute atomic E-state index is 0.658. The molecule has 2 N–H and O–H groups in total. The number of nitrogens with zero attached hydrogens (tertiary/aromatic N) is 1. The van der Waals surface area contributed by atoms with Crippen molar-refractivity contribution in [2.45, 2.75) is 17.9 Å². The second-order valence-electron chi connectivity index (χ2n) is 3.39. The minimum Gasteiger partial charge on any atom is -0.440 e. The summed E-state index contributed by atoms with van der Waals surface area (Å²) in [4.78, 5) is 4.20. The number of benzene rings is 1. The maximum Gasteiger partial charge on any atom is 0.256 e. The minimum atomic E-state index is 0.658. The molecular weight excluding hydrogens is 244 g/mol. The van der Waals surface area contributed by atoms with Crippen LogP contribution in [0, 0.1) is 6.92 Å². The average molecular weight is 255 g/mol. The summed E-state index contributed by atoms with van der Waals surface area (Å²) in [5, 5.41) is 1.33. The third-order valence-corrected chi connectivity index (χ3v) is 3.27. The summed E-state index contributed by atoms with van der Waals surface area (Å²) in [6, 6.07) is 5.50. The summed E-state index contributed by atoms with van der Waals surface area (Å²) in [6.07, 6.45) is 1.63. The van der Waals surface area contributed by atoms with Gasteiger partial charge in [0.15, 0.2) is 0 Å². The van der Waals surface area contributed by atoms with Gasteiger partial charge >= 0.3 is 0 Å². The molecule has 2 aromatic rings. The highest BCUT2D eigenvalue weighted by Crippen LogP contribution is 2.27. The Labute approximate surface area is 103 Å². The smallest absolute Gasteiger partial charge is 0.256 e. The maximum atomic E-state index is 6.06. The monoisotopic (exact) mass is 254 g/mol. The Hall–Kier alpha value is -1.13. The molecule has 16 heavy (non-hydrogen) atoms. The van der Waals surface area contributed by atoms with E-state index in [9.17, 15) is 0 Å². The molecule has 0 aliphatic heterocycles. The lowest BCUT2D eigenvalue weighted by molar-refractivity contribution is 0.454. The van der Waals surface area contributed by atoms with E-state index in [1.807, 2.05) is 19.1 Å². The van der Waals surface area contributed by atoms with E-state index in [1.165, 1.54) is 11.8 Å². The van der Waals surface area contributed by atoms with Crippen LogP contribution in [0.25, 0.3) is 0 Å². The van der Waals surface area contributed by atoms with E-state index >= 15 is 0 Å². The SMILES string of the molecule is Cc1coc(SCc2ccc(N)cc2Cl)n1. The van der Waals surface area contributed by atoms with Gasteiger partial charge in [-0.1, -0.05) is 29.4 Å². The lowest BCUT2D eigenvalue weighted by Crippen LogP contribution is -1.88. The van der Waals surface area contributed by atoms with E-state index in [1.54, 1.807) is 12.3 Å². The van der Waals surface area contributed by atoms with Gasteiger partial charge in [-0.2, -0.15) is 0 Å². The summed E-state index contributed by atoms with van der Waals surface area (Å²) in [5.74, 6) is 0.721. The predicted octanol–water partition coefficient (Wildman–Crippen LogP) is 3.51. The predicted molar refractivity (Wildman–Crippen MR) is 66.7 cm³/mol. The molecule has 0 bridgehead atoms.